The molecule has 5 heteroatoms. The van der Waals surface area contributed by atoms with E-state index in [4.69, 9.17) is 10.5 Å². The maximum absolute atomic E-state index is 6.03. The lowest BCUT2D eigenvalue weighted by atomic mass is 10.1. The summed E-state index contributed by atoms with van der Waals surface area (Å²) in [6, 6.07) is 5.90. The fourth-order valence-electron chi connectivity index (χ4n) is 2.43. The van der Waals surface area contributed by atoms with Crippen LogP contribution in [0.25, 0.3) is 11.0 Å². The van der Waals surface area contributed by atoms with Crippen LogP contribution in [0.5, 0.6) is 5.75 Å². The minimum absolute atomic E-state index is 0.607. The summed E-state index contributed by atoms with van der Waals surface area (Å²) < 4.78 is 7.39. The van der Waals surface area contributed by atoms with Gasteiger partial charge in [-0.15, -0.1) is 0 Å². The molecule has 1 saturated heterocycles. The number of fused-ring (bicyclic) bond motifs is 1. The van der Waals surface area contributed by atoms with Gasteiger partial charge in [-0.1, -0.05) is 0 Å². The van der Waals surface area contributed by atoms with Crippen molar-refractivity contribution in [1.82, 2.24) is 9.55 Å². The second-order valence-corrected chi connectivity index (χ2v) is 5.81. The zero-order valence-electron chi connectivity index (χ0n) is 10.4. The van der Waals surface area contributed by atoms with Crippen molar-refractivity contribution < 1.29 is 4.74 Å². The first-order chi connectivity index (χ1) is 8.78. The first kappa shape index (κ1) is 11.7. The largest absolute Gasteiger partial charge is 0.497 e. The van der Waals surface area contributed by atoms with Crippen molar-refractivity contribution in [2.24, 2.45) is 5.92 Å². The number of ether oxygens (including phenoxy) is 1. The van der Waals surface area contributed by atoms with Crippen LogP contribution in [0.2, 0.25) is 0 Å². The van der Waals surface area contributed by atoms with E-state index in [1.165, 1.54) is 17.9 Å². The Morgan fingerprint density at radius 1 is 1.56 bits per heavy atom. The summed E-state index contributed by atoms with van der Waals surface area (Å²) in [5, 5.41) is 0. The Labute approximate surface area is 111 Å². The van der Waals surface area contributed by atoms with E-state index in [1.54, 1.807) is 7.11 Å². The molecule has 0 aliphatic carbocycles. The molecule has 1 unspecified atom stereocenters. The topological polar surface area (TPSA) is 53.1 Å². The average molecular weight is 263 g/mol. The number of anilines is 1. The van der Waals surface area contributed by atoms with Gasteiger partial charge in [-0.2, -0.15) is 11.8 Å². The van der Waals surface area contributed by atoms with Crippen molar-refractivity contribution in [3.05, 3.63) is 18.2 Å². The van der Waals surface area contributed by atoms with Crippen molar-refractivity contribution in [2.75, 3.05) is 24.3 Å². The average Bonchev–Trinajstić information content (AvgIpc) is 2.99. The van der Waals surface area contributed by atoms with Gasteiger partial charge in [-0.05, 0) is 36.0 Å². The Balaban J connectivity index is 2.00. The van der Waals surface area contributed by atoms with E-state index in [2.05, 4.69) is 9.55 Å². The van der Waals surface area contributed by atoms with E-state index >= 15 is 0 Å². The molecule has 18 heavy (non-hydrogen) atoms. The van der Waals surface area contributed by atoms with Crippen LogP contribution in [-0.2, 0) is 6.54 Å². The van der Waals surface area contributed by atoms with Gasteiger partial charge in [0.05, 0.1) is 18.1 Å². The fraction of sp³-hybridized carbons (Fsp3) is 0.462. The third kappa shape index (κ3) is 2.03. The highest BCUT2D eigenvalue weighted by atomic mass is 32.2. The Morgan fingerprint density at radius 3 is 3.17 bits per heavy atom. The predicted molar refractivity (Wildman–Crippen MR) is 76.1 cm³/mol. The van der Waals surface area contributed by atoms with Crippen molar-refractivity contribution in [3.63, 3.8) is 0 Å². The molecule has 2 aromatic rings. The zero-order valence-corrected chi connectivity index (χ0v) is 11.2. The molecule has 0 radical (unpaired) electrons. The van der Waals surface area contributed by atoms with Crippen LogP contribution in [0.3, 0.4) is 0 Å². The highest BCUT2D eigenvalue weighted by molar-refractivity contribution is 7.99. The quantitative estimate of drug-likeness (QED) is 0.923. The standard InChI is InChI=1S/C13H17N3OS/c1-17-10-2-3-11-12(6-10)16(13(14)15-11)7-9-4-5-18-8-9/h2-3,6,9H,4-5,7-8H2,1H3,(H2,14,15). The molecule has 0 bridgehead atoms. The minimum atomic E-state index is 0.607. The second-order valence-electron chi connectivity index (χ2n) is 4.66. The number of aromatic nitrogens is 2. The molecule has 3 rings (SSSR count). The molecule has 1 aromatic heterocycles. The summed E-state index contributed by atoms with van der Waals surface area (Å²) in [7, 11) is 1.68. The lowest BCUT2D eigenvalue weighted by molar-refractivity contribution is 0.415. The highest BCUT2D eigenvalue weighted by Gasteiger charge is 2.18. The van der Waals surface area contributed by atoms with Gasteiger partial charge in [0.1, 0.15) is 5.75 Å². The van der Waals surface area contributed by atoms with Crippen LogP contribution in [0, 0.1) is 5.92 Å². The number of nitrogen functional groups attached to an aromatic ring is 1. The SMILES string of the molecule is COc1ccc2nc(N)n(CC3CCSC3)c2c1. The van der Waals surface area contributed by atoms with Crippen molar-refractivity contribution in [1.29, 1.82) is 0 Å². The number of methoxy groups -OCH3 is 1. The van der Waals surface area contributed by atoms with Crippen molar-refractivity contribution in [2.45, 2.75) is 13.0 Å². The third-order valence-corrected chi connectivity index (χ3v) is 4.68. The number of imidazole rings is 1. The maximum atomic E-state index is 6.03. The molecule has 0 amide bonds. The van der Waals surface area contributed by atoms with Crippen molar-refractivity contribution in [3.8, 4) is 5.75 Å². The van der Waals surface area contributed by atoms with Crippen LogP contribution in [0.1, 0.15) is 6.42 Å². The van der Waals surface area contributed by atoms with Crippen LogP contribution >= 0.6 is 11.8 Å². The number of hydrogen-bond donors (Lipinski definition) is 1. The molecular weight excluding hydrogens is 246 g/mol. The van der Waals surface area contributed by atoms with E-state index in [-0.39, 0.29) is 0 Å². The van der Waals surface area contributed by atoms with Gasteiger partial charge in [0.25, 0.3) is 0 Å². The first-order valence-electron chi connectivity index (χ1n) is 6.15. The molecule has 1 aliphatic rings. The summed E-state index contributed by atoms with van der Waals surface area (Å²) in [6.45, 7) is 0.961. The van der Waals surface area contributed by atoms with Crippen molar-refractivity contribution >= 4 is 28.7 Å². The Bertz CT molecular complexity index is 561. The van der Waals surface area contributed by atoms with E-state index in [0.29, 0.717) is 11.9 Å². The van der Waals surface area contributed by atoms with Crippen LogP contribution in [-0.4, -0.2) is 28.2 Å². The molecule has 4 nitrogen and oxygen atoms in total. The monoisotopic (exact) mass is 263 g/mol. The predicted octanol–water partition coefficient (Wildman–Crippen LogP) is 2.38. The second kappa shape index (κ2) is 4.72. The number of hydrogen-bond acceptors (Lipinski definition) is 4. The van der Waals surface area contributed by atoms with E-state index < -0.39 is 0 Å². The van der Waals surface area contributed by atoms with Gasteiger partial charge in [0.2, 0.25) is 5.95 Å². The highest BCUT2D eigenvalue weighted by Crippen LogP contribution is 2.29. The van der Waals surface area contributed by atoms with Crippen LogP contribution in [0.15, 0.2) is 18.2 Å². The lowest BCUT2D eigenvalue weighted by Crippen LogP contribution is -2.12. The number of nitrogens with two attached hydrogens (primary N) is 1. The van der Waals surface area contributed by atoms with Gasteiger partial charge in [0, 0.05) is 12.6 Å². The minimum Gasteiger partial charge on any atom is -0.497 e. The lowest BCUT2D eigenvalue weighted by Gasteiger charge is -2.12. The Kier molecular flexibility index (Phi) is 3.07. The fourth-order valence-corrected chi connectivity index (χ4v) is 3.70. The number of thioether (sulfide) groups is 1. The molecule has 1 aromatic carbocycles. The molecular formula is C13H17N3OS. The van der Waals surface area contributed by atoms with E-state index in [0.717, 1.165) is 23.3 Å². The van der Waals surface area contributed by atoms with Gasteiger partial charge in [0.15, 0.2) is 0 Å². The summed E-state index contributed by atoms with van der Waals surface area (Å²) >= 11 is 2.02. The first-order valence-corrected chi connectivity index (χ1v) is 7.31. The molecule has 1 aliphatic heterocycles. The van der Waals surface area contributed by atoms with Gasteiger partial charge < -0.3 is 15.0 Å². The summed E-state index contributed by atoms with van der Waals surface area (Å²) in [6.07, 6.45) is 1.27. The summed E-state index contributed by atoms with van der Waals surface area (Å²) in [5.41, 5.74) is 8.04. The summed E-state index contributed by atoms with van der Waals surface area (Å²) in [5.74, 6) is 4.66. The third-order valence-electron chi connectivity index (χ3n) is 3.45. The molecule has 2 N–H and O–H groups in total. The van der Waals surface area contributed by atoms with E-state index in [1.807, 2.05) is 30.0 Å². The van der Waals surface area contributed by atoms with Gasteiger partial charge >= 0.3 is 0 Å². The molecule has 96 valence electrons. The maximum Gasteiger partial charge on any atom is 0.201 e. The molecule has 2 heterocycles. The number of benzene rings is 1. The molecule has 1 atom stereocenters. The zero-order chi connectivity index (χ0) is 12.5. The Hall–Kier alpha value is -1.36. The number of nitrogens with zero attached hydrogens (tertiary/aromatic N) is 2. The van der Waals surface area contributed by atoms with Gasteiger partial charge in [-0.25, -0.2) is 4.98 Å². The smallest absolute Gasteiger partial charge is 0.201 e. The summed E-state index contributed by atoms with van der Waals surface area (Å²) in [4.78, 5) is 4.41. The van der Waals surface area contributed by atoms with E-state index in [9.17, 15) is 0 Å². The normalized spacial score (nSPS) is 19.5. The molecule has 0 saturated carbocycles. The van der Waals surface area contributed by atoms with Crippen LogP contribution < -0.4 is 10.5 Å². The Morgan fingerprint density at radius 2 is 2.44 bits per heavy atom. The molecule has 0 spiro atoms. The molecule has 1 fully saturated rings. The number of rotatable bonds is 3. The van der Waals surface area contributed by atoms with Crippen LogP contribution in [0.4, 0.5) is 5.95 Å². The van der Waals surface area contributed by atoms with Gasteiger partial charge in [-0.3, -0.25) is 0 Å².